The Kier molecular flexibility index (Phi) is 2.83. The minimum absolute atomic E-state index is 0.00844. The number of aliphatic carboxylic acids is 1. The number of carboxylic acids is 1. The lowest BCUT2D eigenvalue weighted by Gasteiger charge is -2.43. The van der Waals surface area contributed by atoms with Crippen LogP contribution >= 0.6 is 0 Å². The van der Waals surface area contributed by atoms with Crippen LogP contribution in [-0.2, 0) is 10.2 Å². The highest BCUT2D eigenvalue weighted by Gasteiger charge is 2.50. The van der Waals surface area contributed by atoms with Gasteiger partial charge in [-0.2, -0.15) is 0 Å². The van der Waals surface area contributed by atoms with Crippen molar-refractivity contribution in [3.05, 3.63) is 29.8 Å². The normalized spacial score (nSPS) is 27.4. The van der Waals surface area contributed by atoms with Gasteiger partial charge < -0.3 is 15.7 Å². The number of nitrogens with two attached hydrogens (primary N) is 1. The van der Waals surface area contributed by atoms with Gasteiger partial charge in [-0.05, 0) is 30.5 Å². The third-order valence-corrected chi connectivity index (χ3v) is 3.55. The summed E-state index contributed by atoms with van der Waals surface area (Å²) in [5.41, 5.74) is 6.86. The summed E-state index contributed by atoms with van der Waals surface area (Å²) in [4.78, 5) is 13.4. The fourth-order valence-corrected chi connectivity index (χ4v) is 2.45. The second-order valence-electron chi connectivity index (χ2n) is 5.00. The van der Waals surface area contributed by atoms with Gasteiger partial charge in [0.15, 0.2) is 0 Å². The van der Waals surface area contributed by atoms with Gasteiger partial charge in [-0.3, -0.25) is 4.79 Å². The molecule has 1 aromatic carbocycles. The van der Waals surface area contributed by atoms with Gasteiger partial charge >= 0.3 is 5.97 Å². The number of hydrogen-bond donors (Lipinski definition) is 2. The number of anilines is 1. The van der Waals surface area contributed by atoms with Crippen LogP contribution in [0.25, 0.3) is 0 Å². The zero-order valence-corrected chi connectivity index (χ0v) is 10.2. The molecule has 92 valence electrons. The van der Waals surface area contributed by atoms with Gasteiger partial charge in [-0.25, -0.2) is 0 Å². The number of carbonyl (C=O) groups is 1. The Balaban J connectivity index is 2.38. The van der Waals surface area contributed by atoms with E-state index in [0.29, 0.717) is 12.8 Å². The molecular formula is C13H18N2O2. The number of benzene rings is 1. The summed E-state index contributed by atoms with van der Waals surface area (Å²) in [6.07, 6.45) is 1.05. The van der Waals surface area contributed by atoms with E-state index in [1.54, 1.807) is 0 Å². The lowest BCUT2D eigenvalue weighted by molar-refractivity contribution is -0.148. The molecule has 0 heterocycles. The summed E-state index contributed by atoms with van der Waals surface area (Å²) in [6, 6.07) is 7.71. The van der Waals surface area contributed by atoms with E-state index in [9.17, 15) is 9.90 Å². The van der Waals surface area contributed by atoms with Gasteiger partial charge in [0.2, 0.25) is 0 Å². The quantitative estimate of drug-likeness (QED) is 0.824. The van der Waals surface area contributed by atoms with Gasteiger partial charge in [0.05, 0.1) is 5.41 Å². The first kappa shape index (κ1) is 11.9. The van der Waals surface area contributed by atoms with E-state index in [4.69, 9.17) is 5.73 Å². The van der Waals surface area contributed by atoms with E-state index in [1.807, 2.05) is 43.3 Å². The molecule has 0 atom stereocenters. The zero-order valence-electron chi connectivity index (χ0n) is 10.2. The van der Waals surface area contributed by atoms with Crippen molar-refractivity contribution in [1.29, 1.82) is 0 Å². The Morgan fingerprint density at radius 1 is 1.47 bits per heavy atom. The highest BCUT2D eigenvalue weighted by atomic mass is 16.4. The predicted molar refractivity (Wildman–Crippen MR) is 67.3 cm³/mol. The lowest BCUT2D eigenvalue weighted by atomic mass is 9.62. The summed E-state index contributed by atoms with van der Waals surface area (Å²) in [6.45, 7) is 0. The third-order valence-electron chi connectivity index (χ3n) is 3.55. The van der Waals surface area contributed by atoms with E-state index in [0.717, 1.165) is 11.3 Å². The molecule has 2 rings (SSSR count). The predicted octanol–water partition coefficient (Wildman–Crippen LogP) is 1.20. The van der Waals surface area contributed by atoms with E-state index >= 15 is 0 Å². The fraction of sp³-hybridized carbons (Fsp3) is 0.462. The van der Waals surface area contributed by atoms with Crippen molar-refractivity contribution in [3.63, 3.8) is 0 Å². The molecule has 17 heavy (non-hydrogen) atoms. The molecule has 4 heteroatoms. The molecule has 1 aromatic rings. The van der Waals surface area contributed by atoms with Crippen LogP contribution in [0.5, 0.6) is 0 Å². The highest BCUT2D eigenvalue weighted by molar-refractivity contribution is 5.83. The molecule has 0 saturated heterocycles. The van der Waals surface area contributed by atoms with Gasteiger partial charge in [-0.15, -0.1) is 0 Å². The van der Waals surface area contributed by atoms with Crippen LogP contribution in [0, 0.1) is 0 Å². The standard InChI is InChI=1S/C13H18N2O2/c1-15(2)11-5-3-4-9(6-11)13(12(16)17)7-10(14)8-13/h3-6,10H,7-8,14H2,1-2H3,(H,16,17). The summed E-state index contributed by atoms with van der Waals surface area (Å²) < 4.78 is 0. The molecule has 0 amide bonds. The molecule has 0 radical (unpaired) electrons. The van der Waals surface area contributed by atoms with Crippen LogP contribution in [-0.4, -0.2) is 31.2 Å². The Labute approximate surface area is 101 Å². The van der Waals surface area contributed by atoms with Crippen molar-refractivity contribution in [2.75, 3.05) is 19.0 Å². The summed E-state index contributed by atoms with van der Waals surface area (Å²) in [5.74, 6) is -0.768. The summed E-state index contributed by atoms with van der Waals surface area (Å²) in [5, 5.41) is 9.42. The summed E-state index contributed by atoms with van der Waals surface area (Å²) in [7, 11) is 3.89. The van der Waals surface area contributed by atoms with Crippen molar-refractivity contribution in [2.24, 2.45) is 5.73 Å². The first-order valence-electron chi connectivity index (χ1n) is 5.72. The maximum Gasteiger partial charge on any atom is 0.314 e. The molecule has 1 saturated carbocycles. The number of carboxylic acid groups (broad SMARTS) is 1. The SMILES string of the molecule is CN(C)c1cccc(C2(C(=O)O)CC(N)C2)c1. The lowest BCUT2D eigenvalue weighted by Crippen LogP contribution is -2.54. The minimum atomic E-state index is -0.772. The molecule has 0 bridgehead atoms. The Morgan fingerprint density at radius 3 is 2.59 bits per heavy atom. The van der Waals surface area contributed by atoms with Gasteiger partial charge in [-0.1, -0.05) is 12.1 Å². The van der Waals surface area contributed by atoms with Gasteiger partial charge in [0.25, 0.3) is 0 Å². The maximum atomic E-state index is 11.5. The maximum absolute atomic E-state index is 11.5. The van der Waals surface area contributed by atoms with E-state index in [-0.39, 0.29) is 6.04 Å². The number of rotatable bonds is 3. The molecular weight excluding hydrogens is 216 g/mol. The van der Waals surface area contributed by atoms with Crippen molar-refractivity contribution < 1.29 is 9.90 Å². The smallest absolute Gasteiger partial charge is 0.314 e. The molecule has 4 nitrogen and oxygen atoms in total. The Hall–Kier alpha value is -1.55. The van der Waals surface area contributed by atoms with Crippen LogP contribution in [0.15, 0.2) is 24.3 Å². The number of hydrogen-bond acceptors (Lipinski definition) is 3. The molecule has 0 aliphatic heterocycles. The van der Waals surface area contributed by atoms with E-state index in [2.05, 4.69) is 0 Å². The molecule has 0 unspecified atom stereocenters. The third kappa shape index (κ3) is 1.89. The second kappa shape index (κ2) is 4.04. The molecule has 1 aliphatic rings. The van der Waals surface area contributed by atoms with Crippen LogP contribution in [0.2, 0.25) is 0 Å². The molecule has 1 aliphatic carbocycles. The molecule has 3 N–H and O–H groups in total. The first-order valence-corrected chi connectivity index (χ1v) is 5.72. The van der Waals surface area contributed by atoms with Gasteiger partial charge in [0, 0.05) is 25.8 Å². The van der Waals surface area contributed by atoms with Crippen molar-refractivity contribution in [1.82, 2.24) is 0 Å². The summed E-state index contributed by atoms with van der Waals surface area (Å²) >= 11 is 0. The van der Waals surface area contributed by atoms with Crippen LogP contribution < -0.4 is 10.6 Å². The Bertz CT molecular complexity index is 437. The van der Waals surface area contributed by atoms with Crippen molar-refractivity contribution in [2.45, 2.75) is 24.3 Å². The molecule has 0 spiro atoms. The minimum Gasteiger partial charge on any atom is -0.481 e. The zero-order chi connectivity index (χ0) is 12.6. The topological polar surface area (TPSA) is 66.6 Å². The molecule has 0 aromatic heterocycles. The number of nitrogens with zero attached hydrogens (tertiary/aromatic N) is 1. The average molecular weight is 234 g/mol. The van der Waals surface area contributed by atoms with E-state index in [1.165, 1.54) is 0 Å². The first-order chi connectivity index (χ1) is 7.95. The van der Waals surface area contributed by atoms with Crippen LogP contribution in [0.3, 0.4) is 0 Å². The van der Waals surface area contributed by atoms with Crippen molar-refractivity contribution >= 4 is 11.7 Å². The average Bonchev–Trinajstić information content (AvgIpc) is 2.24. The van der Waals surface area contributed by atoms with Crippen LogP contribution in [0.4, 0.5) is 5.69 Å². The highest BCUT2D eigenvalue weighted by Crippen LogP contribution is 2.44. The molecule has 1 fully saturated rings. The monoisotopic (exact) mass is 234 g/mol. The Morgan fingerprint density at radius 2 is 2.12 bits per heavy atom. The largest absolute Gasteiger partial charge is 0.481 e. The van der Waals surface area contributed by atoms with Gasteiger partial charge in [0.1, 0.15) is 0 Å². The second-order valence-corrected chi connectivity index (χ2v) is 5.00. The fourth-order valence-electron chi connectivity index (χ4n) is 2.45. The van der Waals surface area contributed by atoms with Crippen LogP contribution in [0.1, 0.15) is 18.4 Å². The van der Waals surface area contributed by atoms with E-state index < -0.39 is 11.4 Å². The van der Waals surface area contributed by atoms with Crippen molar-refractivity contribution in [3.8, 4) is 0 Å².